The van der Waals surface area contributed by atoms with E-state index in [9.17, 15) is 4.79 Å². The van der Waals surface area contributed by atoms with Gasteiger partial charge in [0.15, 0.2) is 0 Å². The minimum atomic E-state index is -0.00730. The number of ether oxygens (including phenoxy) is 1. The monoisotopic (exact) mass is 284 g/mol. The zero-order valence-electron chi connectivity index (χ0n) is 12.7. The third-order valence-corrected chi connectivity index (χ3v) is 4.35. The lowest BCUT2D eigenvalue weighted by molar-refractivity contribution is 0.0722. The van der Waals surface area contributed by atoms with Crippen LogP contribution in [0, 0.1) is 5.92 Å². The summed E-state index contributed by atoms with van der Waals surface area (Å²) >= 11 is 0. The molecule has 1 aliphatic rings. The maximum Gasteiger partial charge on any atom is 0.272 e. The Morgan fingerprint density at radius 2 is 2.10 bits per heavy atom. The second-order valence-corrected chi connectivity index (χ2v) is 5.75. The van der Waals surface area contributed by atoms with E-state index in [1.54, 1.807) is 13.2 Å². The van der Waals surface area contributed by atoms with Crippen molar-refractivity contribution in [3.63, 3.8) is 0 Å². The lowest BCUT2D eigenvalue weighted by Gasteiger charge is -2.24. The van der Waals surface area contributed by atoms with Crippen molar-refractivity contribution in [1.29, 1.82) is 0 Å². The summed E-state index contributed by atoms with van der Waals surface area (Å²) in [4.78, 5) is 18.8. The largest absolute Gasteiger partial charge is 0.497 e. The molecule has 0 spiro atoms. The molecular formula is C17H20N2O2. The summed E-state index contributed by atoms with van der Waals surface area (Å²) in [6.45, 7) is 2.11. The van der Waals surface area contributed by atoms with Crippen LogP contribution in [0.5, 0.6) is 5.75 Å². The fourth-order valence-electron chi connectivity index (χ4n) is 2.61. The predicted octanol–water partition coefficient (Wildman–Crippen LogP) is 3.11. The first kappa shape index (κ1) is 13.9. The highest BCUT2D eigenvalue weighted by molar-refractivity contribution is 5.95. The first-order valence-electron chi connectivity index (χ1n) is 7.32. The van der Waals surface area contributed by atoms with Gasteiger partial charge in [0.25, 0.3) is 5.91 Å². The maximum atomic E-state index is 12.5. The Balaban J connectivity index is 1.87. The number of fused-ring (bicyclic) bond motifs is 1. The molecule has 0 saturated heterocycles. The number of hydrogen-bond acceptors (Lipinski definition) is 3. The molecule has 1 fully saturated rings. The number of carbonyl (C=O) groups is 1. The Morgan fingerprint density at radius 3 is 2.76 bits per heavy atom. The van der Waals surface area contributed by atoms with Crippen molar-refractivity contribution in [2.24, 2.45) is 5.92 Å². The summed E-state index contributed by atoms with van der Waals surface area (Å²) < 4.78 is 5.20. The highest BCUT2D eigenvalue weighted by Gasteiger charge is 2.33. The molecule has 0 N–H and O–H groups in total. The van der Waals surface area contributed by atoms with Crippen molar-refractivity contribution in [1.82, 2.24) is 9.88 Å². The molecular weight excluding hydrogens is 264 g/mol. The lowest BCUT2D eigenvalue weighted by Crippen LogP contribution is -2.36. The van der Waals surface area contributed by atoms with Crippen LogP contribution in [-0.2, 0) is 0 Å². The highest BCUT2D eigenvalue weighted by atomic mass is 16.5. The quantitative estimate of drug-likeness (QED) is 0.866. The standard InChI is InChI=1S/C17H20N2O2/c1-11(12-4-5-12)19(2)17(20)16-8-6-13-10-14(21-3)7-9-15(13)18-16/h6-12H,4-5H2,1-3H3. The summed E-state index contributed by atoms with van der Waals surface area (Å²) in [6, 6.07) is 9.67. The van der Waals surface area contributed by atoms with E-state index in [4.69, 9.17) is 4.74 Å². The molecule has 0 radical (unpaired) electrons. The molecule has 1 heterocycles. The molecule has 0 aliphatic heterocycles. The van der Waals surface area contributed by atoms with Gasteiger partial charge < -0.3 is 9.64 Å². The summed E-state index contributed by atoms with van der Waals surface area (Å²) in [5.74, 6) is 1.44. The molecule has 2 aromatic rings. The van der Waals surface area contributed by atoms with Crippen molar-refractivity contribution in [2.75, 3.05) is 14.2 Å². The number of benzene rings is 1. The summed E-state index contributed by atoms with van der Waals surface area (Å²) in [5, 5.41) is 0.976. The van der Waals surface area contributed by atoms with E-state index in [1.165, 1.54) is 12.8 Å². The van der Waals surface area contributed by atoms with Gasteiger partial charge in [-0.15, -0.1) is 0 Å². The molecule has 1 saturated carbocycles. The molecule has 1 unspecified atom stereocenters. The fraction of sp³-hybridized carbons (Fsp3) is 0.412. The molecule has 110 valence electrons. The second kappa shape index (κ2) is 5.35. The molecule has 21 heavy (non-hydrogen) atoms. The Labute approximate surface area is 124 Å². The van der Waals surface area contributed by atoms with E-state index in [0.717, 1.165) is 16.7 Å². The van der Waals surface area contributed by atoms with Gasteiger partial charge in [-0.3, -0.25) is 4.79 Å². The van der Waals surface area contributed by atoms with Gasteiger partial charge >= 0.3 is 0 Å². The van der Waals surface area contributed by atoms with E-state index < -0.39 is 0 Å². The number of methoxy groups -OCH3 is 1. The zero-order chi connectivity index (χ0) is 15.0. The van der Waals surface area contributed by atoms with E-state index in [2.05, 4.69) is 11.9 Å². The SMILES string of the molecule is COc1ccc2nc(C(=O)N(C)C(C)C3CC3)ccc2c1. The van der Waals surface area contributed by atoms with Crippen LogP contribution in [-0.4, -0.2) is 36.0 Å². The van der Waals surface area contributed by atoms with Crippen LogP contribution in [0.1, 0.15) is 30.3 Å². The number of amides is 1. The molecule has 1 aromatic heterocycles. The van der Waals surface area contributed by atoms with Crippen LogP contribution >= 0.6 is 0 Å². The minimum absolute atomic E-state index is 0.00730. The fourth-order valence-corrected chi connectivity index (χ4v) is 2.61. The van der Waals surface area contributed by atoms with Gasteiger partial charge in [0.1, 0.15) is 11.4 Å². The topological polar surface area (TPSA) is 42.4 Å². The van der Waals surface area contributed by atoms with E-state index >= 15 is 0 Å². The van der Waals surface area contributed by atoms with Crippen LogP contribution in [0.25, 0.3) is 10.9 Å². The molecule has 4 heteroatoms. The van der Waals surface area contributed by atoms with Gasteiger partial charge in [0.2, 0.25) is 0 Å². The van der Waals surface area contributed by atoms with Gasteiger partial charge in [-0.1, -0.05) is 6.07 Å². The van der Waals surface area contributed by atoms with Gasteiger partial charge in [-0.05, 0) is 49.9 Å². The first-order chi connectivity index (χ1) is 10.1. The van der Waals surface area contributed by atoms with Crippen LogP contribution in [0.2, 0.25) is 0 Å². The van der Waals surface area contributed by atoms with E-state index in [0.29, 0.717) is 11.6 Å². The number of carbonyl (C=O) groups excluding carboxylic acids is 1. The molecule has 1 aromatic carbocycles. The van der Waals surface area contributed by atoms with Gasteiger partial charge in [0.05, 0.1) is 12.6 Å². The Morgan fingerprint density at radius 1 is 1.33 bits per heavy atom. The summed E-state index contributed by atoms with van der Waals surface area (Å²) in [6.07, 6.45) is 2.45. The summed E-state index contributed by atoms with van der Waals surface area (Å²) in [5.41, 5.74) is 1.32. The Hall–Kier alpha value is -2.10. The van der Waals surface area contributed by atoms with Crippen molar-refractivity contribution >= 4 is 16.8 Å². The second-order valence-electron chi connectivity index (χ2n) is 5.75. The van der Waals surface area contributed by atoms with Crippen molar-refractivity contribution in [3.05, 3.63) is 36.0 Å². The minimum Gasteiger partial charge on any atom is -0.497 e. The summed E-state index contributed by atoms with van der Waals surface area (Å²) in [7, 11) is 3.51. The number of aromatic nitrogens is 1. The first-order valence-corrected chi connectivity index (χ1v) is 7.32. The smallest absolute Gasteiger partial charge is 0.272 e. The third kappa shape index (κ3) is 2.71. The van der Waals surface area contributed by atoms with Crippen molar-refractivity contribution in [3.8, 4) is 5.75 Å². The molecule has 0 bridgehead atoms. The predicted molar refractivity (Wildman–Crippen MR) is 82.6 cm³/mol. The van der Waals surface area contributed by atoms with Gasteiger partial charge in [0, 0.05) is 18.5 Å². The number of rotatable bonds is 4. The van der Waals surface area contributed by atoms with Crippen molar-refractivity contribution in [2.45, 2.75) is 25.8 Å². The zero-order valence-corrected chi connectivity index (χ0v) is 12.7. The average molecular weight is 284 g/mol. The molecule has 1 atom stereocenters. The van der Waals surface area contributed by atoms with Gasteiger partial charge in [-0.2, -0.15) is 0 Å². The van der Waals surface area contributed by atoms with Crippen LogP contribution < -0.4 is 4.74 Å². The molecule has 1 amide bonds. The van der Waals surface area contributed by atoms with Crippen molar-refractivity contribution < 1.29 is 9.53 Å². The van der Waals surface area contributed by atoms with Crippen LogP contribution in [0.15, 0.2) is 30.3 Å². The molecule has 3 rings (SSSR count). The third-order valence-electron chi connectivity index (χ3n) is 4.35. The maximum absolute atomic E-state index is 12.5. The highest BCUT2D eigenvalue weighted by Crippen LogP contribution is 2.35. The normalized spacial score (nSPS) is 15.8. The van der Waals surface area contributed by atoms with Crippen LogP contribution in [0.3, 0.4) is 0 Å². The Kier molecular flexibility index (Phi) is 3.53. The van der Waals surface area contributed by atoms with E-state index in [-0.39, 0.29) is 11.9 Å². The number of pyridine rings is 1. The Bertz CT molecular complexity index is 680. The van der Waals surface area contributed by atoms with E-state index in [1.807, 2.05) is 36.2 Å². The lowest BCUT2D eigenvalue weighted by atomic mass is 10.1. The average Bonchev–Trinajstić information content (AvgIpc) is 3.36. The van der Waals surface area contributed by atoms with Gasteiger partial charge in [-0.25, -0.2) is 4.98 Å². The molecule has 4 nitrogen and oxygen atoms in total. The number of hydrogen-bond donors (Lipinski definition) is 0. The number of nitrogens with zero attached hydrogens (tertiary/aromatic N) is 2. The van der Waals surface area contributed by atoms with Crippen LogP contribution in [0.4, 0.5) is 0 Å². The molecule has 1 aliphatic carbocycles.